The molecule has 4 rings (SSSR count). The van der Waals surface area contributed by atoms with Gasteiger partial charge < -0.3 is 14.5 Å². The highest BCUT2D eigenvalue weighted by Crippen LogP contribution is 2.24. The minimum Gasteiger partial charge on any atom is -0.497 e. The van der Waals surface area contributed by atoms with Gasteiger partial charge in [-0.3, -0.25) is 9.59 Å². The van der Waals surface area contributed by atoms with Gasteiger partial charge in [-0.1, -0.05) is 35.9 Å². The Hall–Kier alpha value is -3.39. The molecule has 0 unspecified atom stereocenters. The van der Waals surface area contributed by atoms with E-state index in [1.54, 1.807) is 40.6 Å². The molecule has 0 spiro atoms. The Balaban J connectivity index is 1.38. The fraction of sp³-hybridized carbons (Fsp3) is 0.320. The molecule has 178 valence electrons. The summed E-state index contributed by atoms with van der Waals surface area (Å²) in [6.07, 6.45) is 0.284. The molecule has 2 aromatic carbocycles. The van der Waals surface area contributed by atoms with Crippen LogP contribution in [0.3, 0.4) is 0 Å². The van der Waals surface area contributed by atoms with Crippen molar-refractivity contribution in [1.29, 1.82) is 0 Å². The molecule has 2 amide bonds. The van der Waals surface area contributed by atoms with Crippen LogP contribution in [0.5, 0.6) is 5.75 Å². The Labute approximate surface area is 202 Å². The molecular formula is C25H26ClFN4O3. The molecule has 3 aromatic rings. The number of hydrogen-bond donors (Lipinski definition) is 0. The standard InChI is InChI=1S/C25H26ClFN4O3/c1-17-23(24(26)31(28-17)16-18-6-8-20(27)9-7-18)25(33)30-12-10-29(11-13-30)22(32)15-19-4-3-5-21(14-19)34-2/h3-9,14H,10-13,15-16H2,1-2H3. The first-order valence-corrected chi connectivity index (χ1v) is 11.4. The first-order chi connectivity index (χ1) is 16.4. The van der Waals surface area contributed by atoms with E-state index in [-0.39, 0.29) is 29.2 Å². The van der Waals surface area contributed by atoms with Crippen molar-refractivity contribution >= 4 is 23.4 Å². The van der Waals surface area contributed by atoms with Gasteiger partial charge in [0.15, 0.2) is 0 Å². The number of carbonyl (C=O) groups is 2. The van der Waals surface area contributed by atoms with Gasteiger partial charge in [0.2, 0.25) is 5.91 Å². The van der Waals surface area contributed by atoms with Gasteiger partial charge in [-0.25, -0.2) is 9.07 Å². The zero-order chi connectivity index (χ0) is 24.2. The highest BCUT2D eigenvalue weighted by molar-refractivity contribution is 6.33. The number of rotatable bonds is 6. The van der Waals surface area contributed by atoms with Crippen LogP contribution in [0.1, 0.15) is 27.2 Å². The van der Waals surface area contributed by atoms with E-state index in [9.17, 15) is 14.0 Å². The normalized spacial score (nSPS) is 13.8. The minimum absolute atomic E-state index is 0.0154. The molecule has 0 N–H and O–H groups in total. The van der Waals surface area contributed by atoms with Crippen LogP contribution in [-0.4, -0.2) is 64.7 Å². The van der Waals surface area contributed by atoms with Gasteiger partial charge in [-0.2, -0.15) is 5.10 Å². The van der Waals surface area contributed by atoms with Crippen molar-refractivity contribution in [2.75, 3.05) is 33.3 Å². The molecule has 9 heteroatoms. The fourth-order valence-corrected chi connectivity index (χ4v) is 4.36. The third-order valence-corrected chi connectivity index (χ3v) is 6.32. The summed E-state index contributed by atoms with van der Waals surface area (Å²) in [4.78, 5) is 29.4. The molecule has 1 aliphatic heterocycles. The van der Waals surface area contributed by atoms with Gasteiger partial charge in [0.1, 0.15) is 16.7 Å². The molecule has 2 heterocycles. The Kier molecular flexibility index (Phi) is 7.17. The Morgan fingerprint density at radius 2 is 1.71 bits per heavy atom. The summed E-state index contributed by atoms with van der Waals surface area (Å²) in [5.41, 5.74) is 2.61. The van der Waals surface area contributed by atoms with Crippen LogP contribution in [0.15, 0.2) is 48.5 Å². The third-order valence-electron chi connectivity index (χ3n) is 5.93. The second-order valence-electron chi connectivity index (χ2n) is 8.24. The van der Waals surface area contributed by atoms with Crippen LogP contribution in [0.2, 0.25) is 5.15 Å². The summed E-state index contributed by atoms with van der Waals surface area (Å²) in [5, 5.41) is 4.67. The number of aryl methyl sites for hydroxylation is 1. The Morgan fingerprint density at radius 3 is 2.38 bits per heavy atom. The minimum atomic E-state index is -0.316. The molecule has 1 saturated heterocycles. The predicted octanol–water partition coefficient (Wildman–Crippen LogP) is 3.57. The summed E-state index contributed by atoms with van der Waals surface area (Å²) >= 11 is 6.52. The molecule has 1 aliphatic rings. The summed E-state index contributed by atoms with van der Waals surface area (Å²) in [6.45, 7) is 3.82. The molecule has 0 aliphatic carbocycles. The highest BCUT2D eigenvalue weighted by Gasteiger charge is 2.29. The van der Waals surface area contributed by atoms with Gasteiger partial charge in [0, 0.05) is 26.2 Å². The van der Waals surface area contributed by atoms with Crippen molar-refractivity contribution in [3.8, 4) is 5.75 Å². The number of halogens is 2. The molecule has 0 radical (unpaired) electrons. The molecule has 1 fully saturated rings. The smallest absolute Gasteiger partial charge is 0.259 e. The summed E-state index contributed by atoms with van der Waals surface area (Å²) in [7, 11) is 1.59. The van der Waals surface area contributed by atoms with E-state index in [4.69, 9.17) is 16.3 Å². The zero-order valence-electron chi connectivity index (χ0n) is 19.1. The van der Waals surface area contributed by atoms with E-state index < -0.39 is 0 Å². The quantitative estimate of drug-likeness (QED) is 0.536. The van der Waals surface area contributed by atoms with Crippen LogP contribution >= 0.6 is 11.6 Å². The molecular weight excluding hydrogens is 459 g/mol. The number of piperazine rings is 1. The van der Waals surface area contributed by atoms with Gasteiger partial charge in [-0.05, 0) is 42.3 Å². The second kappa shape index (κ2) is 10.3. The van der Waals surface area contributed by atoms with E-state index >= 15 is 0 Å². The number of aromatic nitrogens is 2. The lowest BCUT2D eigenvalue weighted by atomic mass is 10.1. The number of benzene rings is 2. The van der Waals surface area contributed by atoms with E-state index in [0.717, 1.165) is 11.1 Å². The average Bonchev–Trinajstić information content (AvgIpc) is 3.12. The monoisotopic (exact) mass is 484 g/mol. The average molecular weight is 485 g/mol. The lowest BCUT2D eigenvalue weighted by Crippen LogP contribution is -2.51. The van der Waals surface area contributed by atoms with Crippen molar-refractivity contribution in [2.45, 2.75) is 19.9 Å². The third kappa shape index (κ3) is 5.22. The van der Waals surface area contributed by atoms with Crippen molar-refractivity contribution in [3.05, 3.63) is 81.9 Å². The molecule has 0 saturated carbocycles. The van der Waals surface area contributed by atoms with Gasteiger partial charge in [0.25, 0.3) is 5.91 Å². The lowest BCUT2D eigenvalue weighted by molar-refractivity contribution is -0.131. The van der Waals surface area contributed by atoms with Crippen LogP contribution in [0, 0.1) is 12.7 Å². The van der Waals surface area contributed by atoms with E-state index in [1.807, 2.05) is 24.3 Å². The summed E-state index contributed by atoms with van der Waals surface area (Å²) in [5.74, 6) is 0.214. The number of nitrogens with zero attached hydrogens (tertiary/aromatic N) is 4. The van der Waals surface area contributed by atoms with Crippen molar-refractivity contribution in [2.24, 2.45) is 0 Å². The number of amides is 2. The van der Waals surface area contributed by atoms with Crippen molar-refractivity contribution in [3.63, 3.8) is 0 Å². The van der Waals surface area contributed by atoms with E-state index in [1.165, 1.54) is 12.1 Å². The number of hydrogen-bond acceptors (Lipinski definition) is 4. The first kappa shape index (κ1) is 23.8. The van der Waals surface area contributed by atoms with Crippen LogP contribution in [-0.2, 0) is 17.8 Å². The Morgan fingerprint density at radius 1 is 1.03 bits per heavy atom. The molecule has 34 heavy (non-hydrogen) atoms. The second-order valence-corrected chi connectivity index (χ2v) is 8.59. The topological polar surface area (TPSA) is 67.7 Å². The summed E-state index contributed by atoms with van der Waals surface area (Å²) < 4.78 is 19.9. The van der Waals surface area contributed by atoms with E-state index in [0.29, 0.717) is 49.7 Å². The molecule has 0 bridgehead atoms. The maximum atomic E-state index is 13.2. The van der Waals surface area contributed by atoms with Crippen LogP contribution < -0.4 is 4.74 Å². The van der Waals surface area contributed by atoms with Gasteiger partial charge >= 0.3 is 0 Å². The Bertz CT molecular complexity index is 1190. The highest BCUT2D eigenvalue weighted by atomic mass is 35.5. The number of methoxy groups -OCH3 is 1. The molecule has 7 nitrogen and oxygen atoms in total. The summed E-state index contributed by atoms with van der Waals surface area (Å²) in [6, 6.07) is 13.5. The van der Waals surface area contributed by atoms with E-state index in [2.05, 4.69) is 5.10 Å². The number of ether oxygens (including phenoxy) is 1. The molecule has 1 aromatic heterocycles. The van der Waals surface area contributed by atoms with Crippen molar-refractivity contribution in [1.82, 2.24) is 19.6 Å². The molecule has 0 atom stereocenters. The van der Waals surface area contributed by atoms with Gasteiger partial charge in [0.05, 0.1) is 31.3 Å². The largest absolute Gasteiger partial charge is 0.497 e. The fourth-order valence-electron chi connectivity index (χ4n) is 4.05. The zero-order valence-corrected chi connectivity index (χ0v) is 19.9. The van der Waals surface area contributed by atoms with Gasteiger partial charge in [-0.15, -0.1) is 0 Å². The number of carbonyl (C=O) groups excluding carboxylic acids is 2. The maximum Gasteiger partial charge on any atom is 0.259 e. The SMILES string of the molecule is COc1cccc(CC(=O)N2CCN(C(=O)c3c(C)nn(Cc4ccc(F)cc4)c3Cl)CC2)c1. The van der Waals surface area contributed by atoms with Crippen LogP contribution in [0.25, 0.3) is 0 Å². The predicted molar refractivity (Wildman–Crippen MR) is 127 cm³/mol. The van der Waals surface area contributed by atoms with Crippen molar-refractivity contribution < 1.29 is 18.7 Å². The van der Waals surface area contributed by atoms with Crippen LogP contribution in [0.4, 0.5) is 4.39 Å². The lowest BCUT2D eigenvalue weighted by Gasteiger charge is -2.35. The first-order valence-electron chi connectivity index (χ1n) is 11.0. The maximum absolute atomic E-state index is 13.2.